The number of nitrogens with two attached hydrogens (primary N) is 2. The molecule has 1 rings (SSSR count). The number of nitrogens with zero attached hydrogens (tertiary/aromatic N) is 1. The molecule has 0 aliphatic heterocycles. The molecule has 0 aliphatic carbocycles. The van der Waals surface area contributed by atoms with Crippen LogP contribution in [0.1, 0.15) is 23.2 Å². The van der Waals surface area contributed by atoms with Crippen LogP contribution >= 0.6 is 0 Å². The number of nitrogen functional groups attached to an aromatic ring is 1. The summed E-state index contributed by atoms with van der Waals surface area (Å²) in [5.74, 6) is -0.622. The SMILES string of the molecule is CC(=O)OCCOCc1nc(N)c(C(N)=O)[nH]1. The van der Waals surface area contributed by atoms with E-state index in [4.69, 9.17) is 16.2 Å². The maximum absolute atomic E-state index is 10.9. The van der Waals surface area contributed by atoms with Gasteiger partial charge < -0.3 is 25.9 Å². The number of carbonyl (C=O) groups is 2. The third-order valence-electron chi connectivity index (χ3n) is 1.80. The van der Waals surface area contributed by atoms with E-state index in [1.54, 1.807) is 0 Å². The van der Waals surface area contributed by atoms with Crippen molar-refractivity contribution in [2.75, 3.05) is 18.9 Å². The second kappa shape index (κ2) is 5.85. The third kappa shape index (κ3) is 4.11. The first-order valence-corrected chi connectivity index (χ1v) is 4.86. The second-order valence-corrected chi connectivity index (χ2v) is 3.20. The lowest BCUT2D eigenvalue weighted by molar-refractivity contribution is -0.142. The van der Waals surface area contributed by atoms with Gasteiger partial charge in [0.1, 0.15) is 24.7 Å². The van der Waals surface area contributed by atoms with Gasteiger partial charge in [-0.3, -0.25) is 9.59 Å². The fraction of sp³-hybridized carbons (Fsp3) is 0.444. The smallest absolute Gasteiger partial charge is 0.302 e. The van der Waals surface area contributed by atoms with E-state index >= 15 is 0 Å². The maximum Gasteiger partial charge on any atom is 0.302 e. The number of carbonyl (C=O) groups excluding carboxylic acids is 2. The van der Waals surface area contributed by atoms with E-state index in [0.717, 1.165) is 0 Å². The van der Waals surface area contributed by atoms with Crippen LogP contribution in [0.3, 0.4) is 0 Å². The number of primary amides is 1. The molecule has 0 aromatic carbocycles. The van der Waals surface area contributed by atoms with Crippen LogP contribution in [-0.2, 0) is 20.9 Å². The zero-order valence-corrected chi connectivity index (χ0v) is 9.36. The number of amides is 1. The molecule has 0 unspecified atom stereocenters. The zero-order chi connectivity index (χ0) is 12.8. The lowest BCUT2D eigenvalue weighted by Crippen LogP contribution is -2.13. The van der Waals surface area contributed by atoms with E-state index in [1.165, 1.54) is 6.92 Å². The summed E-state index contributed by atoms with van der Waals surface area (Å²) in [6.45, 7) is 1.82. The van der Waals surface area contributed by atoms with Crippen LogP contribution < -0.4 is 11.5 Å². The van der Waals surface area contributed by atoms with Gasteiger partial charge in [-0.05, 0) is 0 Å². The Kier molecular flexibility index (Phi) is 4.46. The van der Waals surface area contributed by atoms with Gasteiger partial charge in [-0.1, -0.05) is 0 Å². The van der Waals surface area contributed by atoms with E-state index in [9.17, 15) is 9.59 Å². The molecule has 1 amide bonds. The number of rotatable bonds is 6. The molecule has 5 N–H and O–H groups in total. The molecule has 8 heteroatoms. The van der Waals surface area contributed by atoms with Crippen molar-refractivity contribution >= 4 is 17.7 Å². The number of hydrogen-bond donors (Lipinski definition) is 3. The van der Waals surface area contributed by atoms with Gasteiger partial charge in [0, 0.05) is 6.92 Å². The van der Waals surface area contributed by atoms with Gasteiger partial charge in [0.25, 0.3) is 5.91 Å². The maximum atomic E-state index is 10.9. The van der Waals surface area contributed by atoms with Gasteiger partial charge in [-0.2, -0.15) is 0 Å². The Hall–Kier alpha value is -2.09. The minimum absolute atomic E-state index is 0.0380. The van der Waals surface area contributed by atoms with Gasteiger partial charge in [-0.15, -0.1) is 0 Å². The van der Waals surface area contributed by atoms with Crippen LogP contribution in [0.2, 0.25) is 0 Å². The summed E-state index contributed by atoms with van der Waals surface area (Å²) in [5, 5.41) is 0. The molecule has 1 aromatic rings. The average molecular weight is 242 g/mol. The molecule has 94 valence electrons. The Morgan fingerprint density at radius 1 is 1.41 bits per heavy atom. The molecule has 0 radical (unpaired) electrons. The summed E-state index contributed by atoms with van der Waals surface area (Å²) in [6.07, 6.45) is 0. The number of ether oxygens (including phenoxy) is 2. The predicted molar refractivity (Wildman–Crippen MR) is 57.8 cm³/mol. The van der Waals surface area contributed by atoms with E-state index in [0.29, 0.717) is 5.82 Å². The van der Waals surface area contributed by atoms with Crippen molar-refractivity contribution in [3.05, 3.63) is 11.5 Å². The van der Waals surface area contributed by atoms with Crippen LogP contribution in [0.25, 0.3) is 0 Å². The molecular formula is C9H14N4O4. The molecular weight excluding hydrogens is 228 g/mol. The van der Waals surface area contributed by atoms with Crippen molar-refractivity contribution < 1.29 is 19.1 Å². The lowest BCUT2D eigenvalue weighted by Gasteiger charge is -2.02. The molecule has 1 aromatic heterocycles. The summed E-state index contributed by atoms with van der Waals surface area (Å²) in [5.41, 5.74) is 10.6. The number of H-pyrrole nitrogens is 1. The predicted octanol–water partition coefficient (Wildman–Crippen LogP) is -0.829. The van der Waals surface area contributed by atoms with Crippen LogP contribution in [0.4, 0.5) is 5.82 Å². The first-order valence-electron chi connectivity index (χ1n) is 4.86. The van der Waals surface area contributed by atoms with Crippen molar-refractivity contribution in [1.82, 2.24) is 9.97 Å². The van der Waals surface area contributed by atoms with Gasteiger partial charge in [0.2, 0.25) is 0 Å². The van der Waals surface area contributed by atoms with Crippen molar-refractivity contribution in [2.24, 2.45) is 5.73 Å². The molecule has 0 aliphatic rings. The summed E-state index contributed by atoms with van der Waals surface area (Å²) in [4.78, 5) is 27.8. The summed E-state index contributed by atoms with van der Waals surface area (Å²) < 4.78 is 9.79. The average Bonchev–Trinajstić information content (AvgIpc) is 2.59. The Bertz CT molecular complexity index is 415. The number of aromatic amines is 1. The lowest BCUT2D eigenvalue weighted by atomic mass is 10.4. The monoisotopic (exact) mass is 242 g/mol. The first kappa shape index (κ1) is 13.0. The van der Waals surface area contributed by atoms with Crippen molar-refractivity contribution in [3.63, 3.8) is 0 Å². The minimum atomic E-state index is -0.679. The van der Waals surface area contributed by atoms with E-state index in [2.05, 4.69) is 14.7 Å². The standard InChI is InChI=1S/C9H14N4O4/c1-5(14)17-3-2-16-4-6-12-7(9(11)15)8(10)13-6/h2-4,10H2,1H3,(H2,11,15)(H,12,13). The third-order valence-corrected chi connectivity index (χ3v) is 1.80. The van der Waals surface area contributed by atoms with Gasteiger partial charge in [0.15, 0.2) is 5.82 Å². The molecule has 1 heterocycles. The normalized spacial score (nSPS) is 10.2. The van der Waals surface area contributed by atoms with Crippen molar-refractivity contribution in [2.45, 2.75) is 13.5 Å². The van der Waals surface area contributed by atoms with Crippen molar-refractivity contribution in [3.8, 4) is 0 Å². The van der Waals surface area contributed by atoms with Crippen LogP contribution in [0.15, 0.2) is 0 Å². The Morgan fingerprint density at radius 3 is 2.65 bits per heavy atom. The van der Waals surface area contributed by atoms with Crippen molar-refractivity contribution in [1.29, 1.82) is 0 Å². The Morgan fingerprint density at radius 2 is 2.12 bits per heavy atom. The molecule has 0 saturated carbocycles. The molecule has 8 nitrogen and oxygen atoms in total. The molecule has 0 bridgehead atoms. The molecule has 17 heavy (non-hydrogen) atoms. The number of aromatic nitrogens is 2. The molecule has 0 fully saturated rings. The molecule has 0 saturated heterocycles. The first-order chi connectivity index (χ1) is 8.00. The Labute approximate surface area is 97.3 Å². The van der Waals surface area contributed by atoms with Gasteiger partial charge in [0.05, 0.1) is 6.61 Å². The van der Waals surface area contributed by atoms with Crippen LogP contribution in [0, 0.1) is 0 Å². The summed E-state index contributed by atoms with van der Waals surface area (Å²) in [7, 11) is 0. The fourth-order valence-corrected chi connectivity index (χ4v) is 1.11. The molecule has 0 atom stereocenters. The van der Waals surface area contributed by atoms with Crippen LogP contribution in [-0.4, -0.2) is 35.1 Å². The number of esters is 1. The van der Waals surface area contributed by atoms with E-state index in [-0.39, 0.29) is 37.3 Å². The zero-order valence-electron chi connectivity index (χ0n) is 9.36. The highest BCUT2D eigenvalue weighted by atomic mass is 16.6. The minimum Gasteiger partial charge on any atom is -0.463 e. The highest BCUT2D eigenvalue weighted by Gasteiger charge is 2.11. The van der Waals surface area contributed by atoms with Gasteiger partial charge in [-0.25, -0.2) is 4.98 Å². The summed E-state index contributed by atoms with van der Waals surface area (Å²) >= 11 is 0. The Balaban J connectivity index is 2.35. The molecule has 0 spiro atoms. The fourth-order valence-electron chi connectivity index (χ4n) is 1.11. The number of imidazole rings is 1. The van der Waals surface area contributed by atoms with E-state index < -0.39 is 5.91 Å². The number of anilines is 1. The topological polar surface area (TPSA) is 133 Å². The highest BCUT2D eigenvalue weighted by Crippen LogP contribution is 2.07. The van der Waals surface area contributed by atoms with E-state index in [1.807, 2.05) is 0 Å². The largest absolute Gasteiger partial charge is 0.463 e. The summed E-state index contributed by atoms with van der Waals surface area (Å²) in [6, 6.07) is 0. The number of nitrogens with one attached hydrogen (secondary N) is 1. The number of hydrogen-bond acceptors (Lipinski definition) is 6. The second-order valence-electron chi connectivity index (χ2n) is 3.20. The highest BCUT2D eigenvalue weighted by molar-refractivity contribution is 5.95. The van der Waals surface area contributed by atoms with Crippen LogP contribution in [0.5, 0.6) is 0 Å². The quantitative estimate of drug-likeness (QED) is 0.440. The van der Waals surface area contributed by atoms with Gasteiger partial charge >= 0.3 is 5.97 Å².